The first-order valence-electron chi connectivity index (χ1n) is 5.79. The highest BCUT2D eigenvalue weighted by Gasteiger charge is 2.28. The van der Waals surface area contributed by atoms with Crippen molar-refractivity contribution in [1.82, 2.24) is 0 Å². The fraction of sp³-hybridized carbons (Fsp3) is 0.917. The number of nitrogens with zero attached hydrogens (tertiary/aromatic N) is 1. The molecule has 4 unspecified atom stereocenters. The number of nitriles is 1. The van der Waals surface area contributed by atoms with E-state index in [9.17, 15) is 0 Å². The third-order valence-corrected chi connectivity index (χ3v) is 4.84. The molecule has 0 aromatic heterocycles. The summed E-state index contributed by atoms with van der Waals surface area (Å²) in [5.41, 5.74) is 0. The Kier molecular flexibility index (Phi) is 5.49. The van der Waals surface area contributed by atoms with Gasteiger partial charge in [0.25, 0.3) is 0 Å². The van der Waals surface area contributed by atoms with Crippen LogP contribution in [0.1, 0.15) is 33.1 Å². The van der Waals surface area contributed by atoms with Gasteiger partial charge in [-0.15, -0.1) is 0 Å². The summed E-state index contributed by atoms with van der Waals surface area (Å²) < 4.78 is 0. The van der Waals surface area contributed by atoms with Gasteiger partial charge in [0.05, 0.1) is 12.0 Å². The molecule has 0 spiro atoms. The Morgan fingerprint density at radius 2 is 2.27 bits per heavy atom. The van der Waals surface area contributed by atoms with Gasteiger partial charge in [-0.1, -0.05) is 13.8 Å². The Balaban J connectivity index is 2.39. The maximum absolute atomic E-state index is 9.06. The molecule has 1 saturated carbocycles. The predicted octanol–water partition coefficient (Wildman–Crippen LogP) is 2.68. The zero-order chi connectivity index (χ0) is 11.3. The quantitative estimate of drug-likeness (QED) is 0.803. The summed E-state index contributed by atoms with van der Waals surface area (Å²) in [4.78, 5) is 0. The summed E-state index contributed by atoms with van der Waals surface area (Å²) in [5, 5.41) is 18.5. The molecule has 0 saturated heterocycles. The fourth-order valence-corrected chi connectivity index (χ4v) is 3.58. The summed E-state index contributed by atoms with van der Waals surface area (Å²) in [5.74, 6) is 2.33. The Hall–Kier alpha value is -0.200. The molecule has 0 aromatic carbocycles. The van der Waals surface area contributed by atoms with Crippen molar-refractivity contribution in [1.29, 1.82) is 5.26 Å². The summed E-state index contributed by atoms with van der Waals surface area (Å²) >= 11 is 1.88. The molecule has 1 N–H and O–H groups in total. The van der Waals surface area contributed by atoms with Crippen LogP contribution in [-0.4, -0.2) is 22.7 Å². The summed E-state index contributed by atoms with van der Waals surface area (Å²) in [6, 6.07) is 2.43. The molecule has 1 aliphatic rings. The van der Waals surface area contributed by atoms with Crippen molar-refractivity contribution < 1.29 is 5.11 Å². The molecule has 1 rings (SSSR count). The molecule has 1 fully saturated rings. The average Bonchev–Trinajstić information content (AvgIpc) is 2.26. The topological polar surface area (TPSA) is 44.0 Å². The minimum Gasteiger partial charge on any atom is -0.396 e. The van der Waals surface area contributed by atoms with Gasteiger partial charge in [0.2, 0.25) is 0 Å². The predicted molar refractivity (Wildman–Crippen MR) is 64.6 cm³/mol. The van der Waals surface area contributed by atoms with Crippen molar-refractivity contribution in [2.45, 2.75) is 38.4 Å². The first-order chi connectivity index (χ1) is 7.17. The third-order valence-electron chi connectivity index (χ3n) is 3.13. The first-order valence-corrected chi connectivity index (χ1v) is 6.84. The first kappa shape index (κ1) is 12.9. The van der Waals surface area contributed by atoms with Crippen LogP contribution in [0, 0.1) is 29.1 Å². The lowest BCUT2D eigenvalue weighted by atomic mass is 9.83. The van der Waals surface area contributed by atoms with Crippen LogP contribution in [0.15, 0.2) is 0 Å². The number of hydrogen-bond acceptors (Lipinski definition) is 3. The van der Waals surface area contributed by atoms with Crippen LogP contribution < -0.4 is 0 Å². The minimum absolute atomic E-state index is 0.233. The monoisotopic (exact) mass is 227 g/mol. The molecular weight excluding hydrogens is 206 g/mol. The van der Waals surface area contributed by atoms with Gasteiger partial charge in [0.1, 0.15) is 0 Å². The molecule has 0 aliphatic heterocycles. The number of hydrogen-bond donors (Lipinski definition) is 1. The van der Waals surface area contributed by atoms with E-state index in [0.717, 1.165) is 18.1 Å². The average molecular weight is 227 g/mol. The van der Waals surface area contributed by atoms with Crippen LogP contribution in [0.4, 0.5) is 0 Å². The molecular formula is C12H21NOS. The Morgan fingerprint density at radius 3 is 2.87 bits per heavy atom. The largest absolute Gasteiger partial charge is 0.396 e. The van der Waals surface area contributed by atoms with E-state index in [0.29, 0.717) is 11.2 Å². The fourth-order valence-electron chi connectivity index (χ4n) is 2.00. The van der Waals surface area contributed by atoms with E-state index in [4.69, 9.17) is 10.4 Å². The van der Waals surface area contributed by atoms with E-state index in [1.54, 1.807) is 0 Å². The molecule has 0 bridgehead atoms. The van der Waals surface area contributed by atoms with E-state index in [-0.39, 0.29) is 12.5 Å². The number of aliphatic hydroxyl groups excluding tert-OH is 1. The van der Waals surface area contributed by atoms with Crippen molar-refractivity contribution in [2.24, 2.45) is 17.8 Å². The number of rotatable bonds is 4. The van der Waals surface area contributed by atoms with E-state index in [1.807, 2.05) is 11.8 Å². The van der Waals surface area contributed by atoms with Gasteiger partial charge in [-0.25, -0.2) is 0 Å². The highest BCUT2D eigenvalue weighted by Crippen LogP contribution is 2.36. The van der Waals surface area contributed by atoms with Gasteiger partial charge in [-0.2, -0.15) is 17.0 Å². The summed E-state index contributed by atoms with van der Waals surface area (Å²) in [6.45, 7) is 4.59. The van der Waals surface area contributed by atoms with Crippen molar-refractivity contribution >= 4 is 11.8 Å². The highest BCUT2D eigenvalue weighted by atomic mass is 32.2. The molecule has 0 heterocycles. The molecule has 0 amide bonds. The van der Waals surface area contributed by atoms with Crippen LogP contribution in [-0.2, 0) is 0 Å². The van der Waals surface area contributed by atoms with Crippen molar-refractivity contribution in [3.05, 3.63) is 0 Å². The normalized spacial score (nSPS) is 33.3. The smallest absolute Gasteiger partial charge is 0.0667 e. The number of thioether (sulfide) groups is 1. The second-order valence-electron chi connectivity index (χ2n) is 4.81. The molecule has 3 heteroatoms. The SMILES string of the molecule is CC(CO)CSC1CC(C)CCC1C#N. The van der Waals surface area contributed by atoms with Gasteiger partial charge in [-0.05, 0) is 36.9 Å². The van der Waals surface area contributed by atoms with Gasteiger partial charge in [0.15, 0.2) is 0 Å². The van der Waals surface area contributed by atoms with E-state index in [2.05, 4.69) is 19.9 Å². The van der Waals surface area contributed by atoms with E-state index in [1.165, 1.54) is 12.8 Å². The van der Waals surface area contributed by atoms with Gasteiger partial charge in [-0.3, -0.25) is 0 Å². The molecule has 1 aliphatic carbocycles. The summed E-state index contributed by atoms with van der Waals surface area (Å²) in [6.07, 6.45) is 3.43. The van der Waals surface area contributed by atoms with Crippen LogP contribution in [0.2, 0.25) is 0 Å². The van der Waals surface area contributed by atoms with Crippen LogP contribution in [0.3, 0.4) is 0 Å². The van der Waals surface area contributed by atoms with Crippen LogP contribution in [0.5, 0.6) is 0 Å². The van der Waals surface area contributed by atoms with Crippen molar-refractivity contribution in [2.75, 3.05) is 12.4 Å². The van der Waals surface area contributed by atoms with Gasteiger partial charge < -0.3 is 5.11 Å². The summed E-state index contributed by atoms with van der Waals surface area (Å²) in [7, 11) is 0. The Morgan fingerprint density at radius 1 is 1.53 bits per heavy atom. The Bertz CT molecular complexity index is 226. The maximum atomic E-state index is 9.06. The second-order valence-corrected chi connectivity index (χ2v) is 6.09. The number of aliphatic hydroxyl groups is 1. The van der Waals surface area contributed by atoms with Crippen molar-refractivity contribution in [3.63, 3.8) is 0 Å². The van der Waals surface area contributed by atoms with Crippen LogP contribution >= 0.6 is 11.8 Å². The van der Waals surface area contributed by atoms with Gasteiger partial charge >= 0.3 is 0 Å². The van der Waals surface area contributed by atoms with E-state index >= 15 is 0 Å². The molecule has 86 valence electrons. The Labute approximate surface area is 97.1 Å². The zero-order valence-electron chi connectivity index (χ0n) is 9.65. The second kappa shape index (κ2) is 6.40. The standard InChI is InChI=1S/C12H21NOS/c1-9-3-4-11(6-13)12(5-9)15-8-10(2)7-14/h9-12,14H,3-5,7-8H2,1-2H3. The van der Waals surface area contributed by atoms with Gasteiger partial charge in [0, 0.05) is 11.9 Å². The lowest BCUT2D eigenvalue weighted by Crippen LogP contribution is -2.26. The third kappa shape index (κ3) is 4.04. The van der Waals surface area contributed by atoms with Crippen LogP contribution in [0.25, 0.3) is 0 Å². The van der Waals surface area contributed by atoms with Crippen molar-refractivity contribution in [3.8, 4) is 6.07 Å². The maximum Gasteiger partial charge on any atom is 0.0667 e. The lowest BCUT2D eigenvalue weighted by molar-refractivity contribution is 0.250. The highest BCUT2D eigenvalue weighted by molar-refractivity contribution is 7.99. The molecule has 0 aromatic rings. The zero-order valence-corrected chi connectivity index (χ0v) is 10.5. The lowest BCUT2D eigenvalue weighted by Gasteiger charge is -2.31. The van der Waals surface area contributed by atoms with E-state index < -0.39 is 0 Å². The molecule has 2 nitrogen and oxygen atoms in total. The molecule has 0 radical (unpaired) electrons. The minimum atomic E-state index is 0.233. The molecule has 15 heavy (non-hydrogen) atoms. The molecule has 4 atom stereocenters.